The predicted octanol–water partition coefficient (Wildman–Crippen LogP) is 5.64. The zero-order valence-electron chi connectivity index (χ0n) is 17.2. The van der Waals surface area contributed by atoms with Crippen LogP contribution in [0.1, 0.15) is 5.56 Å². The highest BCUT2D eigenvalue weighted by molar-refractivity contribution is 6.30. The van der Waals surface area contributed by atoms with E-state index in [2.05, 4.69) is 21.0 Å². The summed E-state index contributed by atoms with van der Waals surface area (Å²) in [5.41, 5.74) is 5.74. The lowest BCUT2D eigenvalue weighted by atomic mass is 10.0. The summed E-state index contributed by atoms with van der Waals surface area (Å²) in [6, 6.07) is 19.7. The van der Waals surface area contributed by atoms with E-state index in [-0.39, 0.29) is 6.79 Å². The summed E-state index contributed by atoms with van der Waals surface area (Å²) in [5, 5.41) is 10.8. The van der Waals surface area contributed by atoms with Gasteiger partial charge in [0, 0.05) is 40.3 Å². The van der Waals surface area contributed by atoms with Crippen molar-refractivity contribution in [2.75, 3.05) is 13.9 Å². The molecular weight excluding hydrogens is 426 g/mol. The number of rotatable bonds is 4. The molecule has 0 aromatic heterocycles. The molecule has 0 aliphatic carbocycles. The minimum Gasteiger partial charge on any atom is -0.497 e. The van der Waals surface area contributed by atoms with Gasteiger partial charge in [-0.25, -0.2) is 0 Å². The Hall–Kier alpha value is -3.77. The number of pyridine rings is 1. The van der Waals surface area contributed by atoms with Gasteiger partial charge in [-0.1, -0.05) is 23.7 Å². The number of methoxy groups -OCH3 is 1. The molecule has 3 aromatic carbocycles. The van der Waals surface area contributed by atoms with Gasteiger partial charge in [0.2, 0.25) is 6.79 Å². The van der Waals surface area contributed by atoms with Crippen LogP contribution in [0.25, 0.3) is 33.4 Å². The summed E-state index contributed by atoms with van der Waals surface area (Å²) in [5.74, 6) is 2.25. The Morgan fingerprint density at radius 2 is 1.66 bits per heavy atom. The van der Waals surface area contributed by atoms with E-state index in [1.807, 2.05) is 60.7 Å². The molecule has 0 spiro atoms. The van der Waals surface area contributed by atoms with Crippen LogP contribution < -0.4 is 14.2 Å². The SMILES string of the molecule is COc1ccc(-c2nnc3c4cc5c(cc4n(Cc4ccc(Cl)cc4)cc2-3)OCO5)cc1. The van der Waals surface area contributed by atoms with Crippen molar-refractivity contribution >= 4 is 22.5 Å². The van der Waals surface area contributed by atoms with Crippen molar-refractivity contribution in [3.63, 3.8) is 0 Å². The lowest BCUT2D eigenvalue weighted by Gasteiger charge is -2.16. The Balaban J connectivity index is 1.56. The monoisotopic (exact) mass is 443 g/mol. The maximum Gasteiger partial charge on any atom is 0.231 e. The van der Waals surface area contributed by atoms with E-state index in [4.69, 9.17) is 25.8 Å². The first kappa shape index (κ1) is 19.0. The number of ether oxygens (including phenoxy) is 3. The maximum absolute atomic E-state index is 6.08. The summed E-state index contributed by atoms with van der Waals surface area (Å²) in [6.07, 6.45) is 2.11. The Labute approximate surface area is 189 Å². The van der Waals surface area contributed by atoms with Gasteiger partial charge in [-0.05, 0) is 48.0 Å². The lowest BCUT2D eigenvalue weighted by molar-refractivity contribution is 0.174. The first-order valence-electron chi connectivity index (χ1n) is 10.2. The molecular formula is C25H18ClN3O3. The van der Waals surface area contributed by atoms with Gasteiger partial charge in [-0.3, -0.25) is 0 Å². The van der Waals surface area contributed by atoms with Crippen LogP contribution in [0.15, 0.2) is 66.9 Å². The molecule has 158 valence electrons. The highest BCUT2D eigenvalue weighted by Crippen LogP contribution is 2.42. The van der Waals surface area contributed by atoms with E-state index in [0.29, 0.717) is 11.6 Å². The van der Waals surface area contributed by atoms with E-state index in [0.717, 1.165) is 56.2 Å². The molecule has 0 amide bonds. The van der Waals surface area contributed by atoms with E-state index in [1.165, 1.54) is 0 Å². The van der Waals surface area contributed by atoms with Gasteiger partial charge in [0.1, 0.15) is 17.1 Å². The first-order chi connectivity index (χ1) is 15.7. The number of halogens is 1. The Morgan fingerprint density at radius 3 is 2.41 bits per heavy atom. The lowest BCUT2D eigenvalue weighted by Crippen LogP contribution is -2.04. The Kier molecular flexibility index (Phi) is 4.40. The molecule has 32 heavy (non-hydrogen) atoms. The van der Waals surface area contributed by atoms with E-state index in [1.54, 1.807) is 7.11 Å². The third-order valence-electron chi connectivity index (χ3n) is 5.73. The van der Waals surface area contributed by atoms with Crippen molar-refractivity contribution in [3.05, 3.63) is 77.4 Å². The smallest absolute Gasteiger partial charge is 0.231 e. The summed E-state index contributed by atoms with van der Waals surface area (Å²) < 4.78 is 18.8. The largest absolute Gasteiger partial charge is 0.497 e. The minimum absolute atomic E-state index is 0.218. The van der Waals surface area contributed by atoms with Gasteiger partial charge in [-0.15, -0.1) is 10.2 Å². The summed E-state index contributed by atoms with van der Waals surface area (Å²) in [4.78, 5) is 0. The number of aromatic nitrogens is 3. The number of hydrogen-bond acceptors (Lipinski definition) is 5. The standard InChI is InChI=1S/C25H18ClN3O3/c1-30-18-8-4-16(5-9-18)24-20-13-29(12-15-2-6-17(26)7-3-15)21-11-23-22(31-14-32-23)10-19(21)25(20)28-27-24/h2-11,13H,12,14H2,1H3. The van der Waals surface area contributed by atoms with Crippen LogP contribution in [-0.4, -0.2) is 28.7 Å². The number of nitrogens with zero attached hydrogens (tertiary/aromatic N) is 3. The van der Waals surface area contributed by atoms with Gasteiger partial charge in [0.25, 0.3) is 0 Å². The molecule has 3 heterocycles. The average Bonchev–Trinajstić information content (AvgIpc) is 3.46. The second-order valence-corrected chi connectivity index (χ2v) is 8.08. The Bertz CT molecular complexity index is 1410. The summed E-state index contributed by atoms with van der Waals surface area (Å²) in [7, 11) is 1.66. The van der Waals surface area contributed by atoms with Crippen molar-refractivity contribution in [2.24, 2.45) is 0 Å². The minimum atomic E-state index is 0.218. The highest BCUT2D eigenvalue weighted by Gasteiger charge is 2.24. The molecule has 3 aliphatic rings. The van der Waals surface area contributed by atoms with Gasteiger partial charge < -0.3 is 18.8 Å². The Morgan fingerprint density at radius 1 is 0.938 bits per heavy atom. The van der Waals surface area contributed by atoms with Gasteiger partial charge >= 0.3 is 0 Å². The molecule has 0 saturated carbocycles. The molecule has 7 heteroatoms. The topological polar surface area (TPSA) is 58.4 Å². The third kappa shape index (κ3) is 3.11. The zero-order chi connectivity index (χ0) is 21.7. The fourth-order valence-electron chi connectivity index (χ4n) is 4.10. The van der Waals surface area contributed by atoms with Crippen molar-refractivity contribution in [1.29, 1.82) is 0 Å². The molecule has 6 nitrogen and oxygen atoms in total. The van der Waals surface area contributed by atoms with Crippen molar-refractivity contribution < 1.29 is 14.2 Å². The number of hydrogen-bond donors (Lipinski definition) is 0. The van der Waals surface area contributed by atoms with Crippen LogP contribution in [0.2, 0.25) is 5.02 Å². The van der Waals surface area contributed by atoms with E-state index < -0.39 is 0 Å². The fraction of sp³-hybridized carbons (Fsp3) is 0.120. The third-order valence-corrected chi connectivity index (χ3v) is 5.98. The molecule has 6 rings (SSSR count). The molecule has 0 N–H and O–H groups in total. The maximum atomic E-state index is 6.08. The zero-order valence-corrected chi connectivity index (χ0v) is 18.0. The molecule has 0 bridgehead atoms. The van der Waals surface area contributed by atoms with Gasteiger partial charge in [0.05, 0.1) is 12.6 Å². The van der Waals surface area contributed by atoms with Crippen molar-refractivity contribution in [2.45, 2.75) is 6.54 Å². The number of fused-ring (bicyclic) bond motifs is 4. The molecule has 3 aromatic rings. The van der Waals surface area contributed by atoms with Crippen LogP contribution >= 0.6 is 11.6 Å². The summed E-state index contributed by atoms with van der Waals surface area (Å²) >= 11 is 6.08. The van der Waals surface area contributed by atoms with Crippen LogP contribution in [0, 0.1) is 0 Å². The van der Waals surface area contributed by atoms with Crippen LogP contribution in [0.4, 0.5) is 0 Å². The molecule has 0 atom stereocenters. The normalized spacial score (nSPS) is 12.6. The first-order valence-corrected chi connectivity index (χ1v) is 10.5. The molecule has 0 radical (unpaired) electrons. The van der Waals surface area contributed by atoms with E-state index >= 15 is 0 Å². The van der Waals surface area contributed by atoms with Crippen molar-refractivity contribution in [3.8, 4) is 39.8 Å². The van der Waals surface area contributed by atoms with Crippen molar-refractivity contribution in [1.82, 2.24) is 14.8 Å². The van der Waals surface area contributed by atoms with Gasteiger partial charge in [-0.2, -0.15) is 0 Å². The fourth-order valence-corrected chi connectivity index (χ4v) is 4.23. The van der Waals surface area contributed by atoms with Crippen LogP contribution in [-0.2, 0) is 6.54 Å². The van der Waals surface area contributed by atoms with Crippen LogP contribution in [0.3, 0.4) is 0 Å². The molecule has 3 aliphatic heterocycles. The highest BCUT2D eigenvalue weighted by atomic mass is 35.5. The summed E-state index contributed by atoms with van der Waals surface area (Å²) in [6.45, 7) is 0.881. The average molecular weight is 444 g/mol. The second kappa shape index (κ2) is 7.43. The quantitative estimate of drug-likeness (QED) is 0.359. The molecule has 0 fully saturated rings. The van der Waals surface area contributed by atoms with Gasteiger partial charge in [0.15, 0.2) is 11.5 Å². The number of benzene rings is 3. The van der Waals surface area contributed by atoms with E-state index in [9.17, 15) is 0 Å². The molecule has 0 saturated heterocycles. The second-order valence-electron chi connectivity index (χ2n) is 7.65. The molecule has 0 unspecified atom stereocenters. The van der Waals surface area contributed by atoms with Crippen LogP contribution in [0.5, 0.6) is 17.2 Å². The predicted molar refractivity (Wildman–Crippen MR) is 123 cm³/mol.